The van der Waals surface area contributed by atoms with Gasteiger partial charge in [-0.3, -0.25) is 0 Å². The fraction of sp³-hybridized carbons (Fsp3) is 0.846. The highest BCUT2D eigenvalue weighted by atomic mass is 32.2. The maximum absolute atomic E-state index is 12.4. The molecule has 2 amide bonds. The summed E-state index contributed by atoms with van der Waals surface area (Å²) in [6.07, 6.45) is 0.642. The van der Waals surface area contributed by atoms with E-state index in [1.165, 1.54) is 0 Å². The molecule has 20 heavy (non-hydrogen) atoms. The van der Waals surface area contributed by atoms with Crippen molar-refractivity contribution in [2.24, 2.45) is 0 Å². The van der Waals surface area contributed by atoms with Gasteiger partial charge in [-0.25, -0.2) is 9.59 Å². The number of aliphatic carboxylic acids is 1. The summed E-state index contributed by atoms with van der Waals surface area (Å²) >= 11 is 1.86. The molecule has 2 saturated heterocycles. The van der Waals surface area contributed by atoms with E-state index < -0.39 is 11.5 Å². The molecule has 2 N–H and O–H groups in total. The third-order valence-electron chi connectivity index (χ3n) is 3.81. The van der Waals surface area contributed by atoms with E-state index in [4.69, 9.17) is 4.74 Å². The number of nitrogens with zero attached hydrogens (tertiary/aromatic N) is 1. The lowest BCUT2D eigenvalue weighted by Gasteiger charge is -2.39. The van der Waals surface area contributed by atoms with Crippen molar-refractivity contribution in [3.8, 4) is 0 Å². The molecule has 2 atom stereocenters. The molecule has 2 aliphatic heterocycles. The molecule has 0 spiro atoms. The molecule has 0 bridgehead atoms. The SMILES string of the molecule is CC1CN(C(=O)NC2(C(=O)O)CCOCC2)CC(C)S1. The number of nitrogens with one attached hydrogen (secondary N) is 1. The number of urea groups is 1. The normalized spacial score (nSPS) is 29.8. The predicted molar refractivity (Wildman–Crippen MR) is 77.0 cm³/mol. The predicted octanol–water partition coefficient (Wildman–Crippen LogP) is 1.16. The Labute approximate surface area is 123 Å². The molecule has 0 aromatic rings. The van der Waals surface area contributed by atoms with Crippen LogP contribution in [0.3, 0.4) is 0 Å². The Balaban J connectivity index is 2.03. The fourth-order valence-corrected chi connectivity index (χ4v) is 4.06. The number of hydrogen-bond donors (Lipinski definition) is 2. The van der Waals surface area contributed by atoms with Crippen LogP contribution in [-0.2, 0) is 9.53 Å². The van der Waals surface area contributed by atoms with Crippen LogP contribution in [0.2, 0.25) is 0 Å². The third-order valence-corrected chi connectivity index (χ3v) is 5.04. The molecule has 0 radical (unpaired) electrons. The van der Waals surface area contributed by atoms with E-state index in [-0.39, 0.29) is 6.03 Å². The summed E-state index contributed by atoms with van der Waals surface area (Å²) in [7, 11) is 0. The summed E-state index contributed by atoms with van der Waals surface area (Å²) in [5.74, 6) is -0.971. The minimum absolute atomic E-state index is 0.270. The largest absolute Gasteiger partial charge is 0.480 e. The molecule has 2 fully saturated rings. The molecule has 2 rings (SSSR count). The van der Waals surface area contributed by atoms with Crippen LogP contribution in [0.5, 0.6) is 0 Å². The molecule has 6 nitrogen and oxygen atoms in total. The van der Waals surface area contributed by atoms with Gasteiger partial charge in [0.2, 0.25) is 0 Å². The standard InChI is InChI=1S/C13H22N2O4S/c1-9-7-15(8-10(2)20-9)12(18)14-13(11(16)17)3-5-19-6-4-13/h9-10H,3-8H2,1-2H3,(H,14,18)(H,16,17). The molecular formula is C13H22N2O4S. The second-order valence-corrected chi connectivity index (χ2v) is 7.47. The Morgan fingerprint density at radius 2 is 1.80 bits per heavy atom. The number of carbonyl (C=O) groups is 2. The van der Waals surface area contributed by atoms with Gasteiger partial charge in [-0.15, -0.1) is 0 Å². The molecular weight excluding hydrogens is 280 g/mol. The number of amides is 2. The van der Waals surface area contributed by atoms with Gasteiger partial charge < -0.3 is 20.1 Å². The van der Waals surface area contributed by atoms with Crippen LogP contribution in [0.4, 0.5) is 4.79 Å². The monoisotopic (exact) mass is 302 g/mol. The second kappa shape index (κ2) is 6.22. The smallest absolute Gasteiger partial charge is 0.329 e. The van der Waals surface area contributed by atoms with Crippen LogP contribution < -0.4 is 5.32 Å². The summed E-state index contributed by atoms with van der Waals surface area (Å²) in [5, 5.41) is 12.9. The van der Waals surface area contributed by atoms with Crippen molar-refractivity contribution in [3.63, 3.8) is 0 Å². The summed E-state index contributed by atoms with van der Waals surface area (Å²) < 4.78 is 5.20. The van der Waals surface area contributed by atoms with Gasteiger partial charge in [0, 0.05) is 49.6 Å². The van der Waals surface area contributed by atoms with Crippen LogP contribution >= 0.6 is 11.8 Å². The molecule has 0 aromatic heterocycles. The zero-order chi connectivity index (χ0) is 14.8. The summed E-state index contributed by atoms with van der Waals surface area (Å²) in [6.45, 7) is 6.23. The number of carboxylic acid groups (broad SMARTS) is 1. The fourth-order valence-electron chi connectivity index (χ4n) is 2.74. The van der Waals surface area contributed by atoms with Gasteiger partial charge in [-0.1, -0.05) is 13.8 Å². The van der Waals surface area contributed by atoms with Crippen LogP contribution in [0.15, 0.2) is 0 Å². The van der Waals surface area contributed by atoms with Gasteiger partial charge in [0.25, 0.3) is 0 Å². The average molecular weight is 302 g/mol. The first-order valence-electron chi connectivity index (χ1n) is 6.96. The number of hydrogen-bond acceptors (Lipinski definition) is 4. The number of carboxylic acids is 1. The van der Waals surface area contributed by atoms with E-state index in [9.17, 15) is 14.7 Å². The highest BCUT2D eigenvalue weighted by Gasteiger charge is 2.43. The molecule has 0 aliphatic carbocycles. The Bertz CT molecular complexity index is 375. The van der Waals surface area contributed by atoms with Crippen molar-refractivity contribution in [3.05, 3.63) is 0 Å². The van der Waals surface area contributed by atoms with E-state index in [1.807, 2.05) is 11.8 Å². The van der Waals surface area contributed by atoms with Gasteiger partial charge in [0.1, 0.15) is 5.54 Å². The Hall–Kier alpha value is -0.950. The minimum atomic E-state index is -1.17. The number of carbonyl (C=O) groups excluding carboxylic acids is 1. The highest BCUT2D eigenvalue weighted by Crippen LogP contribution is 2.26. The van der Waals surface area contributed by atoms with E-state index in [2.05, 4.69) is 19.2 Å². The van der Waals surface area contributed by atoms with Crippen LogP contribution in [0.1, 0.15) is 26.7 Å². The lowest BCUT2D eigenvalue weighted by Crippen LogP contribution is -2.61. The van der Waals surface area contributed by atoms with E-state index in [1.54, 1.807) is 4.90 Å². The second-order valence-electron chi connectivity index (χ2n) is 5.59. The highest BCUT2D eigenvalue weighted by molar-refractivity contribution is 8.00. The number of thioether (sulfide) groups is 1. The topological polar surface area (TPSA) is 78.9 Å². The average Bonchev–Trinajstić information content (AvgIpc) is 2.38. The number of rotatable bonds is 2. The maximum atomic E-state index is 12.4. The molecule has 0 saturated carbocycles. The van der Waals surface area contributed by atoms with Crippen LogP contribution in [-0.4, -0.2) is 64.3 Å². The summed E-state index contributed by atoms with van der Waals surface area (Å²) in [6, 6.07) is -0.270. The maximum Gasteiger partial charge on any atom is 0.329 e. The number of ether oxygens (including phenoxy) is 1. The van der Waals surface area contributed by atoms with Crippen molar-refractivity contribution in [2.75, 3.05) is 26.3 Å². The quantitative estimate of drug-likeness (QED) is 0.800. The Morgan fingerprint density at radius 3 is 2.30 bits per heavy atom. The zero-order valence-electron chi connectivity index (χ0n) is 11.9. The molecule has 2 aliphatic rings. The van der Waals surface area contributed by atoms with Crippen molar-refractivity contribution >= 4 is 23.8 Å². The molecule has 2 heterocycles. The molecule has 0 aromatic carbocycles. The minimum Gasteiger partial charge on any atom is -0.480 e. The van der Waals surface area contributed by atoms with E-state index >= 15 is 0 Å². The van der Waals surface area contributed by atoms with Crippen molar-refractivity contribution in [1.29, 1.82) is 0 Å². The zero-order valence-corrected chi connectivity index (χ0v) is 12.7. The third kappa shape index (κ3) is 3.38. The van der Waals surface area contributed by atoms with Gasteiger partial charge in [-0.05, 0) is 0 Å². The molecule has 114 valence electrons. The first-order chi connectivity index (χ1) is 9.43. The van der Waals surface area contributed by atoms with Gasteiger partial charge >= 0.3 is 12.0 Å². The first-order valence-corrected chi connectivity index (χ1v) is 7.91. The first kappa shape index (κ1) is 15.4. The van der Waals surface area contributed by atoms with Crippen molar-refractivity contribution < 1.29 is 19.4 Å². The summed E-state index contributed by atoms with van der Waals surface area (Å²) in [4.78, 5) is 25.6. The molecule has 7 heteroatoms. The van der Waals surface area contributed by atoms with Crippen LogP contribution in [0, 0.1) is 0 Å². The van der Waals surface area contributed by atoms with Crippen LogP contribution in [0.25, 0.3) is 0 Å². The van der Waals surface area contributed by atoms with E-state index in [0.29, 0.717) is 49.6 Å². The van der Waals surface area contributed by atoms with Gasteiger partial charge in [0.15, 0.2) is 0 Å². The van der Waals surface area contributed by atoms with Crippen molar-refractivity contribution in [2.45, 2.75) is 42.7 Å². The van der Waals surface area contributed by atoms with Crippen molar-refractivity contribution in [1.82, 2.24) is 10.2 Å². The Kier molecular flexibility index (Phi) is 4.80. The van der Waals surface area contributed by atoms with Gasteiger partial charge in [0.05, 0.1) is 0 Å². The van der Waals surface area contributed by atoms with E-state index in [0.717, 1.165) is 0 Å². The lowest BCUT2D eigenvalue weighted by molar-refractivity contribution is -0.148. The van der Waals surface area contributed by atoms with Gasteiger partial charge in [-0.2, -0.15) is 11.8 Å². The molecule has 2 unspecified atom stereocenters. The Morgan fingerprint density at radius 1 is 1.25 bits per heavy atom. The summed E-state index contributed by atoms with van der Waals surface area (Å²) in [5.41, 5.74) is -1.17. The lowest BCUT2D eigenvalue weighted by atomic mass is 9.90.